The topological polar surface area (TPSA) is 93.6 Å². The fraction of sp³-hybridized carbons (Fsp3) is 0. The highest BCUT2D eigenvalue weighted by molar-refractivity contribution is 7.80. The molecule has 0 aliphatic rings. The summed E-state index contributed by atoms with van der Waals surface area (Å²) in [4.78, 5) is 10.2. The van der Waals surface area contributed by atoms with E-state index < -0.39 is 0 Å². The lowest BCUT2D eigenvalue weighted by Crippen LogP contribution is -2.18. The second-order valence-corrected chi connectivity index (χ2v) is 3.07. The molecule has 0 aromatic carbocycles. The van der Waals surface area contributed by atoms with E-state index in [-0.39, 0.29) is 5.11 Å². The van der Waals surface area contributed by atoms with Gasteiger partial charge in [-0.05, 0) is 12.2 Å². The number of thiocarbonyl (C=S) groups is 1. The van der Waals surface area contributed by atoms with Crippen LogP contribution in [0.2, 0.25) is 0 Å². The number of imidazole rings is 1. The molecule has 5 nitrogen and oxygen atoms in total. The fourth-order valence-electron chi connectivity index (χ4n) is 0.391. The molecule has 2 heterocycles. The molecule has 0 aliphatic carbocycles. The first-order valence-electron chi connectivity index (χ1n) is 3.53. The first-order valence-corrected chi connectivity index (χ1v) is 4.88. The lowest BCUT2D eigenvalue weighted by atomic mass is 11.0. The summed E-state index contributed by atoms with van der Waals surface area (Å²) in [6.45, 7) is 0. The lowest BCUT2D eigenvalue weighted by Gasteiger charge is -1.68. The largest absolute Gasteiger partial charge is 0.377 e. The maximum atomic E-state index is 4.62. The van der Waals surface area contributed by atoms with Gasteiger partial charge in [0.05, 0.1) is 11.8 Å². The Hall–Kier alpha value is -1.47. The molecule has 0 atom stereocenters. The molecule has 5 N–H and O–H groups in total. The quantitative estimate of drug-likeness (QED) is 0.579. The van der Waals surface area contributed by atoms with E-state index >= 15 is 0 Å². The Morgan fingerprint density at radius 2 is 2.00 bits per heavy atom. The Morgan fingerprint density at radius 1 is 1.29 bits per heavy atom. The summed E-state index contributed by atoms with van der Waals surface area (Å²) in [7, 11) is 0. The van der Waals surface area contributed by atoms with Gasteiger partial charge in [0.15, 0.2) is 5.11 Å². The predicted molar refractivity (Wildman–Crippen MR) is 61.7 cm³/mol. The summed E-state index contributed by atoms with van der Waals surface area (Å²) in [6.07, 6.45) is 6.85. The van der Waals surface area contributed by atoms with Crippen molar-refractivity contribution in [1.29, 1.82) is 0 Å². The van der Waals surface area contributed by atoms with Crippen molar-refractivity contribution >= 4 is 28.7 Å². The third kappa shape index (κ3) is 13.1. The molecule has 2 rings (SSSR count). The standard InChI is InChI=1S/C3H4N2.C3H3NS.CH4N2S/c2*1-2-5-3-4-1;2-1(3)4/h1-3H,(H,4,5);1-3H;(H4,2,3,4). The van der Waals surface area contributed by atoms with E-state index in [0.717, 1.165) is 0 Å². The van der Waals surface area contributed by atoms with Gasteiger partial charge >= 0.3 is 0 Å². The minimum Gasteiger partial charge on any atom is -0.377 e. The van der Waals surface area contributed by atoms with Crippen molar-refractivity contribution in [3.05, 3.63) is 35.8 Å². The van der Waals surface area contributed by atoms with Gasteiger partial charge in [-0.1, -0.05) is 0 Å². The second-order valence-electron chi connectivity index (χ2n) is 1.84. The van der Waals surface area contributed by atoms with E-state index in [9.17, 15) is 0 Å². The molecular weight excluding hydrogens is 218 g/mol. The summed E-state index contributed by atoms with van der Waals surface area (Å²) < 4.78 is 0. The lowest BCUT2D eigenvalue weighted by molar-refractivity contribution is 1.31. The number of nitrogens with one attached hydrogen (secondary N) is 1. The van der Waals surface area contributed by atoms with Crippen LogP contribution in [0.4, 0.5) is 0 Å². The average molecular weight is 229 g/mol. The van der Waals surface area contributed by atoms with Gasteiger partial charge in [-0.25, -0.2) is 4.98 Å². The molecule has 2 aromatic rings. The SMILES string of the molecule is NC(N)=S.c1c[nH]cn1.c1cscn1. The minimum absolute atomic E-state index is 0.000000000000000222. The molecule has 0 saturated heterocycles. The zero-order valence-electron chi connectivity index (χ0n) is 7.33. The van der Waals surface area contributed by atoms with E-state index in [0.29, 0.717) is 0 Å². The Balaban J connectivity index is 0.000000183. The van der Waals surface area contributed by atoms with Gasteiger partial charge in [-0.15, -0.1) is 11.3 Å². The number of thiazole rings is 1. The van der Waals surface area contributed by atoms with Crippen molar-refractivity contribution in [3.8, 4) is 0 Å². The van der Waals surface area contributed by atoms with Crippen LogP contribution in [-0.2, 0) is 0 Å². The van der Waals surface area contributed by atoms with Crippen LogP contribution in [0.3, 0.4) is 0 Å². The number of rotatable bonds is 0. The van der Waals surface area contributed by atoms with Crippen LogP contribution in [0.5, 0.6) is 0 Å². The van der Waals surface area contributed by atoms with Gasteiger partial charge in [0, 0.05) is 24.0 Å². The molecular formula is C7H11N5S2. The van der Waals surface area contributed by atoms with E-state index in [4.69, 9.17) is 0 Å². The zero-order valence-corrected chi connectivity index (χ0v) is 8.96. The molecule has 76 valence electrons. The smallest absolute Gasteiger partial charge is 0.160 e. The van der Waals surface area contributed by atoms with Gasteiger partial charge in [-0.3, -0.25) is 4.98 Å². The van der Waals surface area contributed by atoms with Gasteiger partial charge in [0.25, 0.3) is 0 Å². The molecule has 0 unspecified atom stereocenters. The Bertz CT molecular complexity index is 227. The number of aromatic amines is 1. The molecule has 2 aromatic heterocycles. The number of H-pyrrole nitrogens is 1. The first-order chi connectivity index (χ1) is 6.73. The van der Waals surface area contributed by atoms with Crippen LogP contribution in [0.15, 0.2) is 35.8 Å². The van der Waals surface area contributed by atoms with Crippen molar-refractivity contribution in [1.82, 2.24) is 15.0 Å². The maximum Gasteiger partial charge on any atom is 0.160 e. The normalized spacial score (nSPS) is 7.43. The number of aromatic nitrogens is 3. The summed E-state index contributed by atoms with van der Waals surface area (Å²) >= 11 is 5.69. The Morgan fingerprint density at radius 3 is 2.14 bits per heavy atom. The minimum atomic E-state index is 0.000000000000000222. The molecule has 0 fully saturated rings. The van der Waals surface area contributed by atoms with Crippen molar-refractivity contribution in [3.63, 3.8) is 0 Å². The molecule has 0 spiro atoms. The van der Waals surface area contributed by atoms with Crippen LogP contribution in [0.1, 0.15) is 0 Å². The third-order valence-corrected chi connectivity index (χ3v) is 1.28. The summed E-state index contributed by atoms with van der Waals surface area (Å²) in [5.41, 5.74) is 11.0. The number of hydrogen-bond acceptors (Lipinski definition) is 4. The van der Waals surface area contributed by atoms with Gasteiger partial charge in [-0.2, -0.15) is 0 Å². The van der Waals surface area contributed by atoms with Crippen molar-refractivity contribution < 1.29 is 0 Å². The van der Waals surface area contributed by atoms with Crippen LogP contribution in [0.25, 0.3) is 0 Å². The van der Waals surface area contributed by atoms with Crippen LogP contribution < -0.4 is 11.5 Å². The van der Waals surface area contributed by atoms with Crippen molar-refractivity contribution in [2.75, 3.05) is 0 Å². The molecule has 0 radical (unpaired) electrons. The van der Waals surface area contributed by atoms with Crippen molar-refractivity contribution in [2.24, 2.45) is 11.5 Å². The maximum absolute atomic E-state index is 4.62. The van der Waals surface area contributed by atoms with E-state index in [1.807, 2.05) is 5.38 Å². The van der Waals surface area contributed by atoms with Crippen molar-refractivity contribution in [2.45, 2.75) is 0 Å². The predicted octanol–water partition coefficient (Wildman–Crippen LogP) is 0.741. The van der Waals surface area contributed by atoms with Gasteiger partial charge in [0.2, 0.25) is 0 Å². The zero-order chi connectivity index (χ0) is 10.6. The third-order valence-electron chi connectivity index (χ3n) is 0.753. The van der Waals surface area contributed by atoms with E-state index in [1.54, 1.807) is 41.8 Å². The van der Waals surface area contributed by atoms with Crippen LogP contribution in [0, 0.1) is 0 Å². The molecule has 0 saturated carbocycles. The summed E-state index contributed by atoms with van der Waals surface area (Å²) in [6, 6.07) is 0. The fourth-order valence-corrected chi connectivity index (χ4v) is 0.742. The van der Waals surface area contributed by atoms with E-state index in [1.165, 1.54) is 0 Å². The van der Waals surface area contributed by atoms with Crippen LogP contribution >= 0.6 is 23.6 Å². The monoisotopic (exact) mass is 229 g/mol. The Kier molecular flexibility index (Phi) is 8.61. The van der Waals surface area contributed by atoms with Gasteiger partial charge in [0.1, 0.15) is 0 Å². The first kappa shape index (κ1) is 12.5. The molecule has 0 amide bonds. The molecule has 14 heavy (non-hydrogen) atoms. The Labute approximate surface area is 91.2 Å². The van der Waals surface area contributed by atoms with E-state index in [2.05, 4.69) is 38.6 Å². The number of hydrogen-bond donors (Lipinski definition) is 3. The van der Waals surface area contributed by atoms with Gasteiger partial charge < -0.3 is 16.5 Å². The highest BCUT2D eigenvalue weighted by Crippen LogP contribution is 1.85. The second kappa shape index (κ2) is 9.62. The van der Waals surface area contributed by atoms with Crippen LogP contribution in [-0.4, -0.2) is 20.1 Å². The summed E-state index contributed by atoms with van der Waals surface area (Å²) in [5.74, 6) is 0. The molecule has 0 aliphatic heterocycles. The number of nitrogens with two attached hydrogens (primary N) is 2. The number of nitrogens with zero attached hydrogens (tertiary/aromatic N) is 2. The highest BCUT2D eigenvalue weighted by atomic mass is 32.1. The average Bonchev–Trinajstić information content (AvgIpc) is 2.83. The summed E-state index contributed by atoms with van der Waals surface area (Å²) in [5, 5.41) is 1.93. The molecule has 7 heteroatoms. The molecule has 0 bridgehead atoms. The highest BCUT2D eigenvalue weighted by Gasteiger charge is 1.59.